The molecule has 0 bridgehead atoms. The Morgan fingerprint density at radius 3 is 2.04 bits per heavy atom. The normalized spacial score (nSPS) is 15.4. The third-order valence-electron chi connectivity index (χ3n) is 4.75. The molecule has 0 aromatic heterocycles. The Hall–Kier alpha value is -1.32. The molecule has 28 heavy (non-hydrogen) atoms. The summed E-state index contributed by atoms with van der Waals surface area (Å²) < 4.78 is 0. The van der Waals surface area contributed by atoms with Gasteiger partial charge in [-0.15, -0.1) is 0 Å². The first-order valence-electron chi connectivity index (χ1n) is 9.70. The molecule has 0 saturated carbocycles. The van der Waals surface area contributed by atoms with E-state index in [0.29, 0.717) is 12.0 Å². The molecule has 0 radical (unpaired) electrons. The van der Waals surface area contributed by atoms with E-state index in [0.717, 1.165) is 12.2 Å². The van der Waals surface area contributed by atoms with Crippen molar-refractivity contribution in [3.05, 3.63) is 97.2 Å². The Morgan fingerprint density at radius 1 is 1.07 bits per heavy atom. The third-order valence-corrected chi connectivity index (χ3v) is 4.75. The first kappa shape index (κ1) is 26.7. The number of nitrogens with one attached hydrogen (secondary N) is 1. The molecule has 1 aliphatic rings. The van der Waals surface area contributed by atoms with Crippen molar-refractivity contribution in [1.29, 1.82) is 0 Å². The zero-order chi connectivity index (χ0) is 20.1. The molecule has 2 aromatic rings. The summed E-state index contributed by atoms with van der Waals surface area (Å²) in [5, 5.41) is 3.44. The van der Waals surface area contributed by atoms with Gasteiger partial charge in [-0.2, -0.15) is 0 Å². The second-order valence-corrected chi connectivity index (χ2v) is 7.07. The summed E-state index contributed by atoms with van der Waals surface area (Å²) in [6.07, 6.45) is 2.52. The minimum atomic E-state index is 0. The fourth-order valence-corrected chi connectivity index (χ4v) is 3.12. The van der Waals surface area contributed by atoms with E-state index in [1.165, 1.54) is 30.5 Å². The van der Waals surface area contributed by atoms with Gasteiger partial charge < -0.3 is 11.9 Å². The Balaban J connectivity index is 0.000000521. The van der Waals surface area contributed by atoms with E-state index < -0.39 is 0 Å². The van der Waals surface area contributed by atoms with Crippen LogP contribution in [0.1, 0.15) is 43.7 Å². The summed E-state index contributed by atoms with van der Waals surface area (Å²) in [6.45, 7) is 17.6. The molecule has 3 rings (SSSR count). The maximum atomic E-state index is 4.25. The largest absolute Gasteiger partial charge is 1.00 e. The van der Waals surface area contributed by atoms with Gasteiger partial charge in [0.25, 0.3) is 0 Å². The van der Waals surface area contributed by atoms with E-state index in [2.05, 4.69) is 99.4 Å². The van der Waals surface area contributed by atoms with Crippen LogP contribution in [-0.4, -0.2) is 24.5 Å². The van der Waals surface area contributed by atoms with Crippen molar-refractivity contribution in [1.82, 2.24) is 10.2 Å². The number of rotatable bonds is 5. The van der Waals surface area contributed by atoms with Crippen LogP contribution in [0.3, 0.4) is 0 Å². The van der Waals surface area contributed by atoms with Crippen LogP contribution >= 0.6 is 0 Å². The second kappa shape index (κ2) is 15.6. The molecule has 2 nitrogen and oxygen atoms in total. The van der Waals surface area contributed by atoms with Crippen LogP contribution in [0.25, 0.3) is 0 Å². The minimum absolute atomic E-state index is 0. The van der Waals surface area contributed by atoms with Gasteiger partial charge in [-0.1, -0.05) is 81.1 Å². The van der Waals surface area contributed by atoms with Crippen LogP contribution in [0.2, 0.25) is 0 Å². The second-order valence-electron chi connectivity index (χ2n) is 7.07. The summed E-state index contributed by atoms with van der Waals surface area (Å²) in [5.41, 5.74) is 3.88. The van der Waals surface area contributed by atoms with Gasteiger partial charge >= 0.3 is 29.6 Å². The van der Waals surface area contributed by atoms with Gasteiger partial charge in [0.05, 0.1) is 0 Å². The van der Waals surface area contributed by atoms with Crippen molar-refractivity contribution < 1.29 is 29.6 Å². The average molecular weight is 387 g/mol. The number of likely N-dealkylation sites (tertiary alicyclic amines) is 1. The molecule has 0 aliphatic carbocycles. The van der Waals surface area contributed by atoms with Gasteiger partial charge in [-0.05, 0) is 43.5 Å². The van der Waals surface area contributed by atoms with Crippen LogP contribution in [0.4, 0.5) is 0 Å². The van der Waals surface area contributed by atoms with Crippen molar-refractivity contribution in [2.75, 3.05) is 13.6 Å². The summed E-state index contributed by atoms with van der Waals surface area (Å²) in [7, 11) is 2.17. The van der Waals surface area contributed by atoms with E-state index in [1.54, 1.807) is 0 Å². The summed E-state index contributed by atoms with van der Waals surface area (Å²) >= 11 is 0. The van der Waals surface area contributed by atoms with E-state index in [1.807, 2.05) is 12.1 Å². The van der Waals surface area contributed by atoms with Crippen molar-refractivity contribution >= 4 is 0 Å². The predicted octanol–water partition coefficient (Wildman–Crippen LogP) is 2.80. The standard InChI is InChI=1S/C14H20N2.C9H12.C2H3.Na/c1-12(14-9-6-10-16(14)2)15-11-13-7-4-3-5-8-13;1-8(2)9-6-4-3-5-7-9;1-2;/h3-5,7-8,14-15H,1,6,9-11H2,2H3;3-8H,1-2H3;1H,2H2;/q;;-1;+1. The third kappa shape index (κ3) is 9.75. The molecule has 0 spiro atoms. The number of benzene rings is 2. The Kier molecular flexibility index (Phi) is 14.9. The molecule has 2 aromatic carbocycles. The summed E-state index contributed by atoms with van der Waals surface area (Å²) in [6, 6.07) is 21.5. The predicted molar refractivity (Wildman–Crippen MR) is 119 cm³/mol. The molecule has 1 fully saturated rings. The van der Waals surface area contributed by atoms with Gasteiger partial charge in [-0.25, -0.2) is 0 Å². The monoisotopic (exact) mass is 386 g/mol. The van der Waals surface area contributed by atoms with Crippen LogP contribution in [-0.2, 0) is 6.54 Å². The molecule has 0 amide bonds. The topological polar surface area (TPSA) is 15.3 Å². The van der Waals surface area contributed by atoms with E-state index in [9.17, 15) is 0 Å². The van der Waals surface area contributed by atoms with E-state index >= 15 is 0 Å². The molecule has 1 unspecified atom stereocenters. The first-order chi connectivity index (χ1) is 13.1. The number of likely N-dealkylation sites (N-methyl/N-ethyl adjacent to an activating group) is 1. The average Bonchev–Trinajstić information content (AvgIpc) is 3.15. The molecule has 1 N–H and O–H groups in total. The molecule has 1 saturated heterocycles. The molecular weight excluding hydrogens is 351 g/mol. The van der Waals surface area contributed by atoms with Gasteiger partial charge in [0.2, 0.25) is 0 Å². The number of hydrogen-bond donors (Lipinski definition) is 1. The van der Waals surface area contributed by atoms with Gasteiger partial charge in [0.15, 0.2) is 0 Å². The van der Waals surface area contributed by atoms with Crippen LogP contribution in [0.5, 0.6) is 0 Å². The minimum Gasteiger partial charge on any atom is -0.521 e. The number of nitrogens with zero attached hydrogens (tertiary/aromatic N) is 1. The van der Waals surface area contributed by atoms with Crippen LogP contribution in [0.15, 0.2) is 79.5 Å². The zero-order valence-electron chi connectivity index (χ0n) is 18.2. The van der Waals surface area contributed by atoms with Crippen LogP contribution < -0.4 is 34.9 Å². The SMILES string of the molecule is C=C(NCc1ccccc1)C1CCCN1C.CC(C)c1ccccc1.[CH-]=C.[Na+]. The molecular formula is C25H35N2Na. The molecule has 1 aliphatic heterocycles. The van der Waals surface area contributed by atoms with Crippen molar-refractivity contribution in [2.24, 2.45) is 0 Å². The Morgan fingerprint density at radius 2 is 1.61 bits per heavy atom. The van der Waals surface area contributed by atoms with Crippen LogP contribution in [0, 0.1) is 6.58 Å². The summed E-state index contributed by atoms with van der Waals surface area (Å²) in [4.78, 5) is 2.38. The van der Waals surface area contributed by atoms with E-state index in [4.69, 9.17) is 0 Å². The quantitative estimate of drug-likeness (QED) is 0.628. The number of hydrogen-bond acceptors (Lipinski definition) is 2. The Labute approximate surface area is 195 Å². The summed E-state index contributed by atoms with van der Waals surface area (Å²) in [5.74, 6) is 0.659. The zero-order valence-corrected chi connectivity index (χ0v) is 20.2. The molecule has 1 atom stereocenters. The van der Waals surface area contributed by atoms with Gasteiger partial charge in [-0.3, -0.25) is 11.5 Å². The fourth-order valence-electron chi connectivity index (χ4n) is 3.12. The molecule has 146 valence electrons. The fraction of sp³-hybridized carbons (Fsp3) is 0.360. The maximum Gasteiger partial charge on any atom is 1.00 e. The van der Waals surface area contributed by atoms with Crippen molar-refractivity contribution in [2.45, 2.75) is 45.2 Å². The van der Waals surface area contributed by atoms with Gasteiger partial charge in [0.1, 0.15) is 0 Å². The van der Waals surface area contributed by atoms with E-state index in [-0.39, 0.29) is 29.6 Å². The molecule has 1 heterocycles. The van der Waals surface area contributed by atoms with Crippen molar-refractivity contribution in [3.63, 3.8) is 0 Å². The van der Waals surface area contributed by atoms with Crippen molar-refractivity contribution in [3.8, 4) is 0 Å². The first-order valence-corrected chi connectivity index (χ1v) is 9.70. The van der Waals surface area contributed by atoms with Gasteiger partial charge in [0, 0.05) is 18.3 Å². The smallest absolute Gasteiger partial charge is 0.521 e. The molecule has 3 heteroatoms. The maximum absolute atomic E-state index is 4.25. The Bertz CT molecular complexity index is 640.